The first-order chi connectivity index (χ1) is 10.7. The van der Waals surface area contributed by atoms with Gasteiger partial charge in [-0.15, -0.1) is 0 Å². The minimum absolute atomic E-state index is 0.0293. The second-order valence-corrected chi connectivity index (χ2v) is 7.25. The molecule has 1 saturated carbocycles. The van der Waals surface area contributed by atoms with E-state index < -0.39 is 17.0 Å². The summed E-state index contributed by atoms with van der Waals surface area (Å²) < 4.78 is 26.2. The molecule has 4 nitrogen and oxygen atoms in total. The van der Waals surface area contributed by atoms with Crippen LogP contribution in [0, 0.1) is 28.5 Å². The summed E-state index contributed by atoms with van der Waals surface area (Å²) in [6.07, 6.45) is 0.789. The number of nitriles is 2. The molecule has 0 aromatic heterocycles. The molecule has 0 bridgehead atoms. The molecule has 1 aliphatic carbocycles. The first-order valence-electron chi connectivity index (χ1n) is 7.70. The van der Waals surface area contributed by atoms with Crippen LogP contribution in [0.25, 0.3) is 0 Å². The van der Waals surface area contributed by atoms with Gasteiger partial charge < -0.3 is 9.31 Å². The Balaban J connectivity index is 1.85. The lowest BCUT2D eigenvalue weighted by molar-refractivity contribution is 0.00578. The highest BCUT2D eigenvalue weighted by atomic mass is 19.1. The van der Waals surface area contributed by atoms with E-state index in [1.54, 1.807) is 12.1 Å². The summed E-state index contributed by atoms with van der Waals surface area (Å²) in [4.78, 5) is 0. The van der Waals surface area contributed by atoms with E-state index >= 15 is 0 Å². The van der Waals surface area contributed by atoms with Crippen molar-refractivity contribution in [1.29, 1.82) is 10.5 Å². The quantitative estimate of drug-likeness (QED) is 0.784. The van der Waals surface area contributed by atoms with Crippen LogP contribution in [0.5, 0.6) is 0 Å². The number of hydrogen-bond acceptors (Lipinski definition) is 4. The molecule has 0 radical (unpaired) electrons. The highest BCUT2D eigenvalue weighted by Gasteiger charge is 2.60. The van der Waals surface area contributed by atoms with E-state index in [9.17, 15) is 9.65 Å². The smallest absolute Gasteiger partial charge is 0.403 e. The summed E-state index contributed by atoms with van der Waals surface area (Å²) in [5.74, 6) is -0.593. The summed E-state index contributed by atoms with van der Waals surface area (Å²) in [7, 11) is -0.352. The molecule has 1 aromatic rings. The van der Waals surface area contributed by atoms with E-state index in [4.69, 9.17) is 14.6 Å². The predicted octanol–water partition coefficient (Wildman–Crippen LogP) is 3.52. The van der Waals surface area contributed by atoms with Crippen LogP contribution in [0.1, 0.15) is 56.7 Å². The van der Waals surface area contributed by atoms with Gasteiger partial charge in [-0.05, 0) is 51.7 Å². The Hall–Kier alpha value is -1.89. The van der Waals surface area contributed by atoms with Crippen molar-refractivity contribution >= 4 is 7.12 Å². The fraction of sp³-hybridized carbons (Fsp3) is 0.529. The van der Waals surface area contributed by atoms with Crippen molar-refractivity contribution in [2.75, 3.05) is 0 Å². The molecule has 0 spiro atoms. The second kappa shape index (κ2) is 5.06. The van der Waals surface area contributed by atoms with Gasteiger partial charge in [0.05, 0.1) is 22.3 Å². The lowest BCUT2D eigenvalue weighted by Crippen LogP contribution is -2.41. The van der Waals surface area contributed by atoms with Gasteiger partial charge in [-0.3, -0.25) is 0 Å². The van der Waals surface area contributed by atoms with Gasteiger partial charge in [0.2, 0.25) is 0 Å². The number of rotatable bonds is 2. The van der Waals surface area contributed by atoms with Crippen molar-refractivity contribution in [3.05, 3.63) is 34.6 Å². The highest BCUT2D eigenvalue weighted by Crippen LogP contribution is 2.59. The molecule has 23 heavy (non-hydrogen) atoms. The summed E-state index contributed by atoms with van der Waals surface area (Å²) in [6.45, 7) is 7.97. The second-order valence-electron chi connectivity index (χ2n) is 7.25. The van der Waals surface area contributed by atoms with Crippen LogP contribution in [0.15, 0.2) is 12.1 Å². The van der Waals surface area contributed by atoms with Gasteiger partial charge in [-0.1, -0.05) is 6.07 Å². The molecule has 2 aliphatic rings. The Kier molecular flexibility index (Phi) is 3.52. The highest BCUT2D eigenvalue weighted by molar-refractivity contribution is 6.49. The van der Waals surface area contributed by atoms with Gasteiger partial charge in [0, 0.05) is 5.82 Å². The van der Waals surface area contributed by atoms with Gasteiger partial charge in [0.15, 0.2) is 5.82 Å². The molecule has 1 heterocycles. The van der Waals surface area contributed by atoms with Gasteiger partial charge >= 0.3 is 7.12 Å². The Morgan fingerprint density at radius 3 is 2.26 bits per heavy atom. The minimum Gasteiger partial charge on any atom is -0.403 e. The van der Waals surface area contributed by atoms with E-state index in [0.29, 0.717) is 5.56 Å². The topological polar surface area (TPSA) is 66.0 Å². The first kappa shape index (κ1) is 16.0. The number of benzene rings is 1. The van der Waals surface area contributed by atoms with Crippen LogP contribution in [-0.2, 0) is 9.31 Å². The number of nitrogens with zero attached hydrogens (tertiary/aromatic N) is 2. The van der Waals surface area contributed by atoms with Crippen molar-refractivity contribution in [3.63, 3.8) is 0 Å². The maximum atomic E-state index is 14.2. The third-order valence-corrected chi connectivity index (χ3v) is 5.27. The Morgan fingerprint density at radius 2 is 1.74 bits per heavy atom. The summed E-state index contributed by atoms with van der Waals surface area (Å²) in [6, 6.07) is 6.78. The normalized spacial score (nSPS) is 27.3. The Morgan fingerprint density at radius 1 is 1.13 bits per heavy atom. The molecule has 0 amide bonds. The molecule has 118 valence electrons. The number of halogens is 1. The van der Waals surface area contributed by atoms with Crippen molar-refractivity contribution in [1.82, 2.24) is 0 Å². The molecule has 0 N–H and O–H groups in total. The standard InChI is InChI=1S/C17H18BFN2O2/c1-16(2)17(3,4)23-18(22-16)14-7-12(14)11-6-5-10(8-20)15(19)13(11)9-21/h5-6,12,14H,7H2,1-4H3/t12-,14+/m1/s1. The predicted molar refractivity (Wildman–Crippen MR) is 83.0 cm³/mol. The SMILES string of the molecule is CC1(C)OB([C@H]2C[C@@H]2c2ccc(C#N)c(F)c2C#N)OC1(C)C. The molecule has 2 fully saturated rings. The van der Waals surface area contributed by atoms with E-state index in [0.717, 1.165) is 6.42 Å². The first-order valence-corrected chi connectivity index (χ1v) is 7.70. The molecule has 2 atom stereocenters. The van der Waals surface area contributed by atoms with Gasteiger partial charge in [-0.2, -0.15) is 10.5 Å². The zero-order valence-corrected chi connectivity index (χ0v) is 13.7. The van der Waals surface area contributed by atoms with E-state index in [1.165, 1.54) is 6.07 Å². The summed E-state index contributed by atoms with van der Waals surface area (Å²) in [5.41, 5.74) is -0.299. The lowest BCUT2D eigenvalue weighted by Gasteiger charge is -2.32. The maximum Gasteiger partial charge on any atom is 0.461 e. The Labute approximate surface area is 136 Å². The van der Waals surface area contributed by atoms with Crippen LogP contribution in [-0.4, -0.2) is 18.3 Å². The third kappa shape index (κ3) is 2.43. The van der Waals surface area contributed by atoms with Crippen molar-refractivity contribution in [2.24, 2.45) is 0 Å². The molecule has 1 saturated heterocycles. The van der Waals surface area contributed by atoms with Crippen LogP contribution >= 0.6 is 0 Å². The molecule has 1 aliphatic heterocycles. The number of hydrogen-bond donors (Lipinski definition) is 0. The van der Waals surface area contributed by atoms with E-state index in [2.05, 4.69) is 0 Å². The van der Waals surface area contributed by atoms with Crippen LogP contribution < -0.4 is 0 Å². The van der Waals surface area contributed by atoms with Gasteiger partial charge in [-0.25, -0.2) is 4.39 Å². The van der Waals surface area contributed by atoms with E-state index in [1.807, 2.05) is 33.8 Å². The lowest BCUT2D eigenvalue weighted by atomic mass is 9.79. The molecular formula is C17H18BFN2O2. The monoisotopic (exact) mass is 312 g/mol. The van der Waals surface area contributed by atoms with Crippen molar-refractivity contribution < 1.29 is 13.7 Å². The van der Waals surface area contributed by atoms with Crippen molar-refractivity contribution in [3.8, 4) is 12.1 Å². The summed E-state index contributed by atoms with van der Waals surface area (Å²) >= 11 is 0. The molecule has 3 rings (SSSR count). The maximum absolute atomic E-state index is 14.2. The fourth-order valence-corrected chi connectivity index (χ4v) is 3.04. The molecule has 6 heteroatoms. The van der Waals surface area contributed by atoms with Crippen LogP contribution in [0.2, 0.25) is 5.82 Å². The average molecular weight is 312 g/mol. The zero-order chi connectivity index (χ0) is 17.0. The van der Waals surface area contributed by atoms with Crippen molar-refractivity contribution in [2.45, 2.75) is 57.1 Å². The largest absolute Gasteiger partial charge is 0.461 e. The average Bonchev–Trinajstić information content (AvgIpc) is 3.21. The van der Waals surface area contributed by atoms with E-state index in [-0.39, 0.29) is 30.0 Å². The molecular weight excluding hydrogens is 294 g/mol. The van der Waals surface area contributed by atoms with Gasteiger partial charge in [0.25, 0.3) is 0 Å². The van der Waals surface area contributed by atoms with Gasteiger partial charge in [0.1, 0.15) is 12.1 Å². The van der Waals surface area contributed by atoms with Crippen LogP contribution in [0.4, 0.5) is 4.39 Å². The summed E-state index contributed by atoms with van der Waals surface area (Å²) in [5, 5.41) is 18.1. The fourth-order valence-electron chi connectivity index (χ4n) is 3.04. The molecule has 0 unspecified atom stereocenters. The minimum atomic E-state index is -0.730. The zero-order valence-electron chi connectivity index (χ0n) is 13.7. The Bertz CT molecular complexity index is 732. The van der Waals surface area contributed by atoms with Crippen LogP contribution in [0.3, 0.4) is 0 Å². The molecule has 1 aromatic carbocycles. The third-order valence-electron chi connectivity index (χ3n) is 5.27.